The second kappa shape index (κ2) is 5.94. The third-order valence-electron chi connectivity index (χ3n) is 3.74. The molecule has 0 aliphatic carbocycles. The van der Waals surface area contributed by atoms with Crippen LogP contribution in [0.25, 0.3) is 0 Å². The highest BCUT2D eigenvalue weighted by molar-refractivity contribution is 9.10. The predicted molar refractivity (Wildman–Crippen MR) is 80.7 cm³/mol. The maximum atomic E-state index is 12.6. The quantitative estimate of drug-likeness (QED) is 0.821. The maximum Gasteiger partial charge on any atom is 0.243 e. The fourth-order valence-corrected chi connectivity index (χ4v) is 4.23. The van der Waals surface area contributed by atoms with E-state index in [4.69, 9.17) is 0 Å². The van der Waals surface area contributed by atoms with Crippen LogP contribution >= 0.6 is 15.9 Å². The van der Waals surface area contributed by atoms with E-state index in [-0.39, 0.29) is 0 Å². The van der Waals surface area contributed by atoms with Crippen LogP contribution in [0.15, 0.2) is 27.6 Å². The molecule has 5 heteroatoms. The van der Waals surface area contributed by atoms with Gasteiger partial charge >= 0.3 is 0 Å². The molecule has 1 heterocycles. The first kappa shape index (κ1) is 15.0. The van der Waals surface area contributed by atoms with E-state index in [9.17, 15) is 8.42 Å². The highest BCUT2D eigenvalue weighted by atomic mass is 79.9. The largest absolute Gasteiger partial charge is 0.243 e. The van der Waals surface area contributed by atoms with Crippen molar-refractivity contribution in [3.05, 3.63) is 28.2 Å². The summed E-state index contributed by atoms with van der Waals surface area (Å²) < 4.78 is 27.8. The molecule has 1 fully saturated rings. The van der Waals surface area contributed by atoms with Gasteiger partial charge in [-0.3, -0.25) is 0 Å². The van der Waals surface area contributed by atoms with Gasteiger partial charge in [0.25, 0.3) is 0 Å². The summed E-state index contributed by atoms with van der Waals surface area (Å²) >= 11 is 3.40. The Morgan fingerprint density at radius 1 is 1.26 bits per heavy atom. The molecule has 0 aromatic heterocycles. The zero-order chi connectivity index (χ0) is 14.0. The van der Waals surface area contributed by atoms with Crippen LogP contribution in [-0.4, -0.2) is 25.8 Å². The molecule has 0 spiro atoms. The van der Waals surface area contributed by atoms with E-state index in [1.807, 2.05) is 13.0 Å². The van der Waals surface area contributed by atoms with Crippen molar-refractivity contribution in [2.45, 2.75) is 38.0 Å². The maximum absolute atomic E-state index is 12.6. The normalized spacial score (nSPS) is 22.2. The number of nitrogens with zero attached hydrogens (tertiary/aromatic N) is 1. The molecular weight excluding hydrogens is 326 g/mol. The van der Waals surface area contributed by atoms with Crippen LogP contribution in [0.1, 0.15) is 31.7 Å². The SMILES string of the molecule is Cc1cc(S(=O)(=O)N2CCCC(C)CC2)ccc1Br. The number of hydrogen-bond acceptors (Lipinski definition) is 2. The molecule has 2 rings (SSSR count). The second-order valence-electron chi connectivity index (χ2n) is 5.35. The van der Waals surface area contributed by atoms with Gasteiger partial charge in [-0.1, -0.05) is 22.9 Å². The minimum absolute atomic E-state index is 0.405. The van der Waals surface area contributed by atoms with Gasteiger partial charge < -0.3 is 0 Å². The number of halogens is 1. The Labute approximate surface area is 124 Å². The van der Waals surface area contributed by atoms with Gasteiger partial charge in [0, 0.05) is 17.6 Å². The summed E-state index contributed by atoms with van der Waals surface area (Å²) in [5, 5.41) is 0. The lowest BCUT2D eigenvalue weighted by molar-refractivity contribution is 0.416. The Balaban J connectivity index is 2.28. The summed E-state index contributed by atoms with van der Waals surface area (Å²) in [6.45, 7) is 5.38. The fraction of sp³-hybridized carbons (Fsp3) is 0.571. The lowest BCUT2D eigenvalue weighted by Gasteiger charge is -2.20. The summed E-state index contributed by atoms with van der Waals surface area (Å²) in [7, 11) is -3.34. The summed E-state index contributed by atoms with van der Waals surface area (Å²) in [5.41, 5.74) is 0.948. The molecule has 3 nitrogen and oxygen atoms in total. The van der Waals surface area contributed by atoms with Crippen molar-refractivity contribution in [2.75, 3.05) is 13.1 Å². The van der Waals surface area contributed by atoms with E-state index >= 15 is 0 Å². The average molecular weight is 346 g/mol. The van der Waals surface area contributed by atoms with Crippen LogP contribution in [-0.2, 0) is 10.0 Å². The zero-order valence-electron chi connectivity index (χ0n) is 11.4. The highest BCUT2D eigenvalue weighted by Gasteiger charge is 2.26. The van der Waals surface area contributed by atoms with Crippen LogP contribution in [0.2, 0.25) is 0 Å². The Bertz CT molecular complexity index is 557. The molecule has 19 heavy (non-hydrogen) atoms. The summed E-state index contributed by atoms with van der Waals surface area (Å²) in [4.78, 5) is 0.405. The van der Waals surface area contributed by atoms with E-state index in [1.165, 1.54) is 0 Å². The molecule has 1 aromatic rings. The first-order valence-electron chi connectivity index (χ1n) is 6.67. The predicted octanol–water partition coefficient (Wildman–Crippen LogP) is 3.57. The molecule has 106 valence electrons. The molecule has 0 amide bonds. The van der Waals surface area contributed by atoms with Crippen molar-refractivity contribution < 1.29 is 8.42 Å². The van der Waals surface area contributed by atoms with Crippen LogP contribution in [0, 0.1) is 12.8 Å². The van der Waals surface area contributed by atoms with Gasteiger partial charge in [-0.05, 0) is 55.9 Å². The standard InChI is InChI=1S/C14H20BrNO2S/c1-11-4-3-8-16(9-7-11)19(17,18)13-5-6-14(15)12(2)10-13/h5-6,10-11H,3-4,7-9H2,1-2H3. The van der Waals surface area contributed by atoms with Gasteiger partial charge in [-0.15, -0.1) is 0 Å². The Kier molecular flexibility index (Phi) is 4.69. The molecule has 0 bridgehead atoms. The van der Waals surface area contributed by atoms with E-state index in [2.05, 4.69) is 22.9 Å². The van der Waals surface area contributed by atoms with Crippen LogP contribution in [0.5, 0.6) is 0 Å². The smallest absolute Gasteiger partial charge is 0.207 e. The van der Waals surface area contributed by atoms with Gasteiger partial charge in [0.05, 0.1) is 4.90 Å². The molecule has 1 unspecified atom stereocenters. The van der Waals surface area contributed by atoms with Gasteiger partial charge in [-0.25, -0.2) is 8.42 Å². The summed E-state index contributed by atoms with van der Waals surface area (Å²) in [6, 6.07) is 5.23. The molecule has 1 aliphatic heterocycles. The highest BCUT2D eigenvalue weighted by Crippen LogP contribution is 2.25. The molecule has 0 N–H and O–H groups in total. The van der Waals surface area contributed by atoms with E-state index in [0.29, 0.717) is 23.9 Å². The lowest BCUT2D eigenvalue weighted by atomic mass is 10.0. The molecular formula is C14H20BrNO2S. The zero-order valence-corrected chi connectivity index (χ0v) is 13.8. The molecule has 1 saturated heterocycles. The fourth-order valence-electron chi connectivity index (χ4n) is 2.40. The van der Waals surface area contributed by atoms with Crippen molar-refractivity contribution in [1.82, 2.24) is 4.31 Å². The molecule has 1 aromatic carbocycles. The van der Waals surface area contributed by atoms with Crippen molar-refractivity contribution in [2.24, 2.45) is 5.92 Å². The second-order valence-corrected chi connectivity index (χ2v) is 8.14. The van der Waals surface area contributed by atoms with Gasteiger partial charge in [0.2, 0.25) is 10.0 Å². The number of rotatable bonds is 2. The van der Waals surface area contributed by atoms with E-state index < -0.39 is 10.0 Å². The molecule has 0 radical (unpaired) electrons. The van der Waals surface area contributed by atoms with Crippen molar-refractivity contribution >= 4 is 26.0 Å². The van der Waals surface area contributed by atoms with Crippen molar-refractivity contribution in [3.63, 3.8) is 0 Å². The van der Waals surface area contributed by atoms with Crippen LogP contribution < -0.4 is 0 Å². The molecule has 1 atom stereocenters. The van der Waals surface area contributed by atoms with Gasteiger partial charge in [0.1, 0.15) is 0 Å². The summed E-state index contributed by atoms with van der Waals surface area (Å²) in [5.74, 6) is 0.617. The summed E-state index contributed by atoms with van der Waals surface area (Å²) in [6.07, 6.45) is 3.02. The number of aryl methyl sites for hydroxylation is 1. The van der Waals surface area contributed by atoms with Crippen LogP contribution in [0.3, 0.4) is 0 Å². The Morgan fingerprint density at radius 2 is 2.00 bits per heavy atom. The minimum Gasteiger partial charge on any atom is -0.207 e. The van der Waals surface area contributed by atoms with E-state index in [1.54, 1.807) is 16.4 Å². The number of sulfonamides is 1. The monoisotopic (exact) mass is 345 g/mol. The van der Waals surface area contributed by atoms with E-state index in [0.717, 1.165) is 29.3 Å². The Morgan fingerprint density at radius 3 is 2.68 bits per heavy atom. The van der Waals surface area contributed by atoms with Crippen LogP contribution in [0.4, 0.5) is 0 Å². The minimum atomic E-state index is -3.34. The molecule has 0 saturated carbocycles. The molecule has 1 aliphatic rings. The lowest BCUT2D eigenvalue weighted by Crippen LogP contribution is -2.32. The van der Waals surface area contributed by atoms with Gasteiger partial charge in [-0.2, -0.15) is 4.31 Å². The Hall–Kier alpha value is -0.390. The average Bonchev–Trinajstić information content (AvgIpc) is 2.57. The third kappa shape index (κ3) is 3.38. The first-order chi connectivity index (χ1) is 8.91. The number of benzene rings is 1. The van der Waals surface area contributed by atoms with Gasteiger partial charge in [0.15, 0.2) is 0 Å². The topological polar surface area (TPSA) is 37.4 Å². The first-order valence-corrected chi connectivity index (χ1v) is 8.91. The van der Waals surface area contributed by atoms with Crippen molar-refractivity contribution in [1.29, 1.82) is 0 Å². The third-order valence-corrected chi connectivity index (χ3v) is 6.53. The number of hydrogen-bond donors (Lipinski definition) is 0. The van der Waals surface area contributed by atoms with Crippen molar-refractivity contribution in [3.8, 4) is 0 Å².